The molecule has 0 saturated heterocycles. The van der Waals surface area contributed by atoms with Crippen molar-refractivity contribution in [2.75, 3.05) is 0 Å². The number of carbonyl (C=O) groups excluding carboxylic acids is 2. The highest BCUT2D eigenvalue weighted by atomic mass is 16.6. The van der Waals surface area contributed by atoms with Gasteiger partial charge in [-0.3, -0.25) is 0 Å². The van der Waals surface area contributed by atoms with Crippen molar-refractivity contribution in [3.63, 3.8) is 0 Å². The van der Waals surface area contributed by atoms with Crippen molar-refractivity contribution in [2.45, 2.75) is 32.8 Å². The van der Waals surface area contributed by atoms with Crippen molar-refractivity contribution in [3.8, 4) is 0 Å². The number of hydrogen-bond donors (Lipinski definition) is 1. The summed E-state index contributed by atoms with van der Waals surface area (Å²) in [4.78, 5) is 20.7. The average molecular weight is 173 g/mol. The topological polar surface area (TPSA) is 69.4 Å². The zero-order valence-electron chi connectivity index (χ0n) is 7.66. The molecule has 0 aliphatic carbocycles. The highest BCUT2D eigenvalue weighted by Crippen LogP contribution is 2.18. The second-order valence-electron chi connectivity index (χ2n) is 3.50. The van der Waals surface area contributed by atoms with E-state index < -0.39 is 11.7 Å². The molecule has 0 spiro atoms. The Morgan fingerprint density at radius 3 is 2.50 bits per heavy atom. The number of primary amides is 1. The highest BCUT2D eigenvalue weighted by molar-refractivity contribution is 5.65. The summed E-state index contributed by atoms with van der Waals surface area (Å²) < 4.78 is 4.79. The van der Waals surface area contributed by atoms with Gasteiger partial charge in [-0.05, 0) is 20.3 Å². The first kappa shape index (κ1) is 10.9. The van der Waals surface area contributed by atoms with Gasteiger partial charge in [0.15, 0.2) is 0 Å². The van der Waals surface area contributed by atoms with Crippen LogP contribution in [-0.4, -0.2) is 18.0 Å². The number of ether oxygens (including phenoxy) is 1. The molecular formula is C8H15NO3. The smallest absolute Gasteiger partial charge is 0.405 e. The Morgan fingerprint density at radius 1 is 1.67 bits per heavy atom. The molecule has 0 fully saturated rings. The highest BCUT2D eigenvalue weighted by Gasteiger charge is 2.24. The second-order valence-corrected chi connectivity index (χ2v) is 3.50. The van der Waals surface area contributed by atoms with Gasteiger partial charge in [0.25, 0.3) is 0 Å². The molecule has 1 atom stereocenters. The predicted octanol–water partition coefficient (Wildman–Crippen LogP) is 1.09. The van der Waals surface area contributed by atoms with E-state index in [1.165, 1.54) is 0 Å². The van der Waals surface area contributed by atoms with Gasteiger partial charge in [0.05, 0.1) is 0 Å². The predicted molar refractivity (Wildman–Crippen MR) is 44.6 cm³/mol. The summed E-state index contributed by atoms with van der Waals surface area (Å²) in [6.07, 6.45) is 0.504. The quantitative estimate of drug-likeness (QED) is 0.647. The minimum atomic E-state index is -0.807. The Labute approximate surface area is 72.1 Å². The van der Waals surface area contributed by atoms with E-state index >= 15 is 0 Å². The first-order valence-corrected chi connectivity index (χ1v) is 3.81. The van der Waals surface area contributed by atoms with Crippen LogP contribution in [0.2, 0.25) is 0 Å². The fraction of sp³-hybridized carbons (Fsp3) is 0.750. The molecule has 4 nitrogen and oxygen atoms in total. The molecule has 12 heavy (non-hydrogen) atoms. The lowest BCUT2D eigenvalue weighted by atomic mass is 9.96. The van der Waals surface area contributed by atoms with Crippen molar-refractivity contribution in [3.05, 3.63) is 0 Å². The van der Waals surface area contributed by atoms with Crippen LogP contribution in [0, 0.1) is 5.92 Å². The van der Waals surface area contributed by atoms with Gasteiger partial charge in [0.1, 0.15) is 11.9 Å². The van der Waals surface area contributed by atoms with Crippen molar-refractivity contribution < 1.29 is 14.3 Å². The Hall–Kier alpha value is -1.06. The lowest BCUT2D eigenvalue weighted by molar-refractivity contribution is -0.112. The summed E-state index contributed by atoms with van der Waals surface area (Å²) >= 11 is 0. The molecule has 0 aromatic heterocycles. The van der Waals surface area contributed by atoms with Crippen LogP contribution >= 0.6 is 0 Å². The summed E-state index contributed by atoms with van der Waals surface area (Å²) in [6, 6.07) is 0. The van der Waals surface area contributed by atoms with Crippen LogP contribution < -0.4 is 5.73 Å². The SMILES string of the molecule is CC(C=O)CC(C)(C)OC(N)=O. The van der Waals surface area contributed by atoms with Gasteiger partial charge in [-0.2, -0.15) is 0 Å². The minimum Gasteiger partial charge on any atom is -0.444 e. The van der Waals surface area contributed by atoms with Crippen molar-refractivity contribution in [1.29, 1.82) is 0 Å². The number of hydrogen-bond acceptors (Lipinski definition) is 3. The molecule has 0 aromatic rings. The van der Waals surface area contributed by atoms with Crippen LogP contribution in [-0.2, 0) is 9.53 Å². The van der Waals surface area contributed by atoms with Gasteiger partial charge in [0.2, 0.25) is 0 Å². The number of rotatable bonds is 4. The largest absolute Gasteiger partial charge is 0.444 e. The molecule has 2 N–H and O–H groups in total. The number of nitrogens with two attached hydrogens (primary N) is 1. The first-order chi connectivity index (χ1) is 5.37. The van der Waals surface area contributed by atoms with Crippen molar-refractivity contribution in [1.82, 2.24) is 0 Å². The number of aldehydes is 1. The van der Waals surface area contributed by atoms with Crippen LogP contribution in [0.25, 0.3) is 0 Å². The van der Waals surface area contributed by atoms with Gasteiger partial charge in [0, 0.05) is 5.92 Å². The van der Waals surface area contributed by atoms with Crippen LogP contribution in [0.5, 0.6) is 0 Å². The maximum atomic E-state index is 10.4. The molecule has 1 amide bonds. The van der Waals surface area contributed by atoms with E-state index in [0.717, 1.165) is 6.29 Å². The normalized spacial score (nSPS) is 13.6. The van der Waals surface area contributed by atoms with E-state index in [2.05, 4.69) is 0 Å². The van der Waals surface area contributed by atoms with Gasteiger partial charge >= 0.3 is 6.09 Å². The van der Waals surface area contributed by atoms with Crippen molar-refractivity contribution in [2.24, 2.45) is 11.7 Å². The van der Waals surface area contributed by atoms with Gasteiger partial charge in [-0.25, -0.2) is 4.79 Å². The van der Waals surface area contributed by atoms with E-state index in [4.69, 9.17) is 10.5 Å². The Morgan fingerprint density at radius 2 is 2.17 bits per heavy atom. The summed E-state index contributed by atoms with van der Waals surface area (Å²) in [6.45, 7) is 5.20. The zero-order chi connectivity index (χ0) is 9.78. The van der Waals surface area contributed by atoms with Gasteiger partial charge in [-0.1, -0.05) is 6.92 Å². The molecule has 0 saturated carbocycles. The Bertz CT molecular complexity index is 177. The molecule has 0 aliphatic heterocycles. The summed E-state index contributed by atoms with van der Waals surface area (Å²) in [5.74, 6) is -0.126. The minimum absolute atomic E-state index is 0.126. The van der Waals surface area contributed by atoms with E-state index in [1.54, 1.807) is 20.8 Å². The third-order valence-electron chi connectivity index (χ3n) is 1.42. The van der Waals surface area contributed by atoms with Gasteiger partial charge < -0.3 is 15.3 Å². The number of carbonyl (C=O) groups is 2. The molecule has 70 valence electrons. The average Bonchev–Trinajstić information content (AvgIpc) is 1.83. The molecule has 1 unspecified atom stereocenters. The standard InChI is InChI=1S/C8H15NO3/c1-6(5-10)4-8(2,3)12-7(9)11/h5-6H,4H2,1-3H3,(H2,9,11). The third kappa shape index (κ3) is 4.71. The van der Waals surface area contributed by atoms with Crippen LogP contribution in [0.15, 0.2) is 0 Å². The van der Waals surface area contributed by atoms with E-state index in [0.29, 0.717) is 6.42 Å². The second kappa shape index (κ2) is 4.09. The number of amides is 1. The van der Waals surface area contributed by atoms with E-state index in [-0.39, 0.29) is 5.92 Å². The molecule has 0 aliphatic rings. The molecule has 0 radical (unpaired) electrons. The summed E-state index contributed by atoms with van der Waals surface area (Å²) in [7, 11) is 0. The molecule has 0 rings (SSSR count). The Balaban J connectivity index is 4.02. The monoisotopic (exact) mass is 173 g/mol. The van der Waals surface area contributed by atoms with Crippen LogP contribution in [0.1, 0.15) is 27.2 Å². The first-order valence-electron chi connectivity index (χ1n) is 3.81. The molecule has 4 heteroatoms. The lowest BCUT2D eigenvalue weighted by Gasteiger charge is -2.25. The maximum Gasteiger partial charge on any atom is 0.405 e. The molecular weight excluding hydrogens is 158 g/mol. The maximum absolute atomic E-state index is 10.4. The van der Waals surface area contributed by atoms with Crippen LogP contribution in [0.4, 0.5) is 4.79 Å². The molecule has 0 heterocycles. The fourth-order valence-electron chi connectivity index (χ4n) is 1.14. The van der Waals surface area contributed by atoms with E-state index in [9.17, 15) is 9.59 Å². The van der Waals surface area contributed by atoms with E-state index in [1.807, 2.05) is 0 Å². The van der Waals surface area contributed by atoms with Gasteiger partial charge in [-0.15, -0.1) is 0 Å². The Kier molecular flexibility index (Phi) is 3.73. The molecule has 0 aromatic carbocycles. The van der Waals surface area contributed by atoms with Crippen molar-refractivity contribution >= 4 is 12.4 Å². The molecule has 0 bridgehead atoms. The van der Waals surface area contributed by atoms with Crippen LogP contribution in [0.3, 0.4) is 0 Å². The lowest BCUT2D eigenvalue weighted by Crippen LogP contribution is -2.33. The summed E-state index contributed by atoms with van der Waals surface area (Å²) in [5, 5.41) is 0. The fourth-order valence-corrected chi connectivity index (χ4v) is 1.14. The zero-order valence-corrected chi connectivity index (χ0v) is 7.66. The summed E-state index contributed by atoms with van der Waals surface area (Å²) in [5.41, 5.74) is 4.19. The third-order valence-corrected chi connectivity index (χ3v) is 1.42.